The first kappa shape index (κ1) is 25.4. The normalized spacial score (nSPS) is 15.9. The van der Waals surface area contributed by atoms with Crippen LogP contribution in [-0.4, -0.2) is 85.3 Å². The van der Waals surface area contributed by atoms with Gasteiger partial charge in [-0.15, -0.1) is 0 Å². The van der Waals surface area contributed by atoms with Crippen LogP contribution in [-0.2, 0) is 17.8 Å². The van der Waals surface area contributed by atoms with Gasteiger partial charge >= 0.3 is 0 Å². The van der Waals surface area contributed by atoms with E-state index in [9.17, 15) is 4.79 Å². The molecule has 7 heteroatoms. The van der Waals surface area contributed by atoms with Crippen LogP contribution in [0.3, 0.4) is 0 Å². The molecule has 37 heavy (non-hydrogen) atoms. The van der Waals surface area contributed by atoms with Crippen molar-refractivity contribution in [1.29, 1.82) is 0 Å². The number of benzene rings is 2. The molecule has 0 radical (unpaired) electrons. The monoisotopic (exact) mass is 502 g/mol. The number of carbonyl (C=O) groups is 1. The number of amides is 1. The van der Waals surface area contributed by atoms with Crippen LogP contribution in [0.15, 0.2) is 48.5 Å². The molecule has 3 heterocycles. The fourth-order valence-electron chi connectivity index (χ4n) is 5.34. The number of nitrogens with zero attached hydrogens (tertiary/aromatic N) is 4. The van der Waals surface area contributed by atoms with Gasteiger partial charge < -0.3 is 23.8 Å². The zero-order valence-electron chi connectivity index (χ0n) is 22.3. The number of hydrogen-bond acceptors (Lipinski definition) is 5. The number of aromatic nitrogens is 1. The number of rotatable bonds is 9. The smallest absolute Gasteiger partial charge is 0.246 e. The SMILES string of the molecule is Cc1c(/C=C/C(=O)N2CCN(CCc3ccc4c(c3)OCO4)CC2)c2ccccc2n1CCCN(C)C. The van der Waals surface area contributed by atoms with Crippen LogP contribution >= 0.6 is 0 Å². The summed E-state index contributed by atoms with van der Waals surface area (Å²) in [4.78, 5) is 19.7. The van der Waals surface area contributed by atoms with Crippen LogP contribution in [0.2, 0.25) is 0 Å². The molecule has 2 aliphatic rings. The van der Waals surface area contributed by atoms with Crippen molar-refractivity contribution >= 4 is 22.9 Å². The Hall–Kier alpha value is -3.29. The van der Waals surface area contributed by atoms with Gasteiger partial charge in [0.05, 0.1) is 0 Å². The van der Waals surface area contributed by atoms with Crippen molar-refractivity contribution in [2.45, 2.75) is 26.3 Å². The predicted molar refractivity (Wildman–Crippen MR) is 148 cm³/mol. The summed E-state index contributed by atoms with van der Waals surface area (Å²) in [6.07, 6.45) is 5.84. The van der Waals surface area contributed by atoms with Crippen molar-refractivity contribution in [3.63, 3.8) is 0 Å². The van der Waals surface area contributed by atoms with Gasteiger partial charge in [-0.05, 0) is 70.2 Å². The Balaban J connectivity index is 1.16. The summed E-state index contributed by atoms with van der Waals surface area (Å²) < 4.78 is 13.3. The number of piperazine rings is 1. The van der Waals surface area contributed by atoms with Gasteiger partial charge in [-0.2, -0.15) is 0 Å². The van der Waals surface area contributed by atoms with E-state index in [0.29, 0.717) is 6.79 Å². The zero-order valence-corrected chi connectivity index (χ0v) is 22.3. The Morgan fingerprint density at radius 1 is 1.00 bits per heavy atom. The van der Waals surface area contributed by atoms with Gasteiger partial charge in [-0.1, -0.05) is 24.3 Å². The lowest BCUT2D eigenvalue weighted by Gasteiger charge is -2.34. The molecule has 2 aliphatic heterocycles. The molecule has 0 bridgehead atoms. The summed E-state index contributed by atoms with van der Waals surface area (Å²) in [5.74, 6) is 1.76. The number of hydrogen-bond donors (Lipinski definition) is 0. The van der Waals surface area contributed by atoms with Crippen molar-refractivity contribution in [2.24, 2.45) is 0 Å². The van der Waals surface area contributed by atoms with E-state index in [4.69, 9.17) is 9.47 Å². The topological polar surface area (TPSA) is 50.2 Å². The maximum Gasteiger partial charge on any atom is 0.246 e. The molecule has 1 saturated heterocycles. The van der Waals surface area contributed by atoms with Crippen molar-refractivity contribution in [1.82, 2.24) is 19.3 Å². The highest BCUT2D eigenvalue weighted by Crippen LogP contribution is 2.32. The van der Waals surface area contributed by atoms with E-state index in [1.165, 1.54) is 22.2 Å². The summed E-state index contributed by atoms with van der Waals surface area (Å²) >= 11 is 0. The number of fused-ring (bicyclic) bond motifs is 2. The summed E-state index contributed by atoms with van der Waals surface area (Å²) in [5.41, 5.74) is 4.86. The Kier molecular flexibility index (Phi) is 7.82. The third-order valence-electron chi connectivity index (χ3n) is 7.50. The number of para-hydroxylation sites is 1. The molecule has 196 valence electrons. The molecular weight excluding hydrogens is 464 g/mol. The average molecular weight is 503 g/mol. The Morgan fingerprint density at radius 2 is 1.78 bits per heavy atom. The molecule has 0 unspecified atom stereocenters. The second kappa shape index (κ2) is 11.4. The van der Waals surface area contributed by atoms with E-state index < -0.39 is 0 Å². The van der Waals surface area contributed by atoms with Gasteiger partial charge in [-0.25, -0.2) is 0 Å². The summed E-state index contributed by atoms with van der Waals surface area (Å²) in [6, 6.07) is 14.7. The molecular formula is C30H38N4O3. The first-order valence-electron chi connectivity index (χ1n) is 13.3. The van der Waals surface area contributed by atoms with Crippen LogP contribution < -0.4 is 9.47 Å². The van der Waals surface area contributed by atoms with Gasteiger partial charge in [0.1, 0.15) is 0 Å². The molecule has 7 nitrogen and oxygen atoms in total. The largest absolute Gasteiger partial charge is 0.454 e. The van der Waals surface area contributed by atoms with Crippen molar-refractivity contribution in [3.05, 3.63) is 65.4 Å². The van der Waals surface area contributed by atoms with Crippen LogP contribution in [0.1, 0.15) is 23.2 Å². The fraction of sp³-hybridized carbons (Fsp3) is 0.433. The van der Waals surface area contributed by atoms with Crippen LogP contribution in [0.4, 0.5) is 0 Å². The molecule has 3 aromatic rings. The van der Waals surface area contributed by atoms with Crippen LogP contribution in [0.25, 0.3) is 17.0 Å². The molecule has 0 atom stereocenters. The predicted octanol–water partition coefficient (Wildman–Crippen LogP) is 4.03. The third kappa shape index (κ3) is 5.84. The molecule has 0 N–H and O–H groups in total. The second-order valence-corrected chi connectivity index (χ2v) is 10.3. The van der Waals surface area contributed by atoms with Crippen molar-refractivity contribution < 1.29 is 14.3 Å². The fourth-order valence-corrected chi connectivity index (χ4v) is 5.34. The molecule has 1 amide bonds. The average Bonchev–Trinajstić information content (AvgIpc) is 3.48. The molecule has 0 saturated carbocycles. The minimum absolute atomic E-state index is 0.0965. The number of carbonyl (C=O) groups excluding carboxylic acids is 1. The van der Waals surface area contributed by atoms with Crippen LogP contribution in [0.5, 0.6) is 11.5 Å². The van der Waals surface area contributed by atoms with Crippen molar-refractivity contribution in [2.75, 3.05) is 60.2 Å². The minimum atomic E-state index is 0.0965. The maximum atomic E-state index is 13.0. The van der Waals surface area contributed by atoms with Gasteiger partial charge in [0, 0.05) is 67.5 Å². The van der Waals surface area contributed by atoms with E-state index in [2.05, 4.69) is 71.8 Å². The Labute approximate surface area is 219 Å². The zero-order chi connectivity index (χ0) is 25.8. The highest BCUT2D eigenvalue weighted by molar-refractivity contribution is 5.97. The van der Waals surface area contributed by atoms with Gasteiger partial charge in [-0.3, -0.25) is 9.69 Å². The molecule has 1 fully saturated rings. The maximum absolute atomic E-state index is 13.0. The summed E-state index contributed by atoms with van der Waals surface area (Å²) in [7, 11) is 4.22. The van der Waals surface area contributed by atoms with Gasteiger partial charge in [0.15, 0.2) is 11.5 Å². The molecule has 0 spiro atoms. The number of aryl methyl sites for hydroxylation is 1. The van der Waals surface area contributed by atoms with Gasteiger partial charge in [0.2, 0.25) is 12.7 Å². The molecule has 5 rings (SSSR count). The Morgan fingerprint density at radius 3 is 2.59 bits per heavy atom. The third-order valence-corrected chi connectivity index (χ3v) is 7.50. The standard InChI is InChI=1S/C30H38N4O3/c1-23-25(26-7-4-5-8-27(26)34(23)15-6-14-31(2)3)10-12-30(35)33-19-17-32(18-20-33)16-13-24-9-11-28-29(21-24)37-22-36-28/h4-5,7-12,21H,6,13-20,22H2,1-3H3/b12-10+. The first-order chi connectivity index (χ1) is 18.0. The molecule has 0 aliphatic carbocycles. The first-order valence-corrected chi connectivity index (χ1v) is 13.3. The summed E-state index contributed by atoms with van der Waals surface area (Å²) in [5, 5.41) is 1.21. The van der Waals surface area contributed by atoms with E-state index >= 15 is 0 Å². The summed E-state index contributed by atoms with van der Waals surface area (Å²) in [6.45, 7) is 8.79. The lowest BCUT2D eigenvalue weighted by molar-refractivity contribution is -0.127. The highest BCUT2D eigenvalue weighted by Gasteiger charge is 2.20. The molecule has 2 aromatic carbocycles. The second-order valence-electron chi connectivity index (χ2n) is 10.3. The van der Waals surface area contributed by atoms with Crippen LogP contribution in [0, 0.1) is 6.92 Å². The lowest BCUT2D eigenvalue weighted by Crippen LogP contribution is -2.48. The van der Waals surface area contributed by atoms with E-state index in [0.717, 1.165) is 75.7 Å². The number of ether oxygens (including phenoxy) is 2. The highest BCUT2D eigenvalue weighted by atomic mass is 16.7. The lowest BCUT2D eigenvalue weighted by atomic mass is 10.1. The molecule has 1 aromatic heterocycles. The van der Waals surface area contributed by atoms with E-state index in [-0.39, 0.29) is 5.91 Å². The van der Waals surface area contributed by atoms with E-state index in [1.807, 2.05) is 17.0 Å². The van der Waals surface area contributed by atoms with Gasteiger partial charge in [0.25, 0.3) is 0 Å². The quantitative estimate of drug-likeness (QED) is 0.414. The minimum Gasteiger partial charge on any atom is -0.454 e. The Bertz CT molecular complexity index is 1270. The van der Waals surface area contributed by atoms with Crippen molar-refractivity contribution in [3.8, 4) is 11.5 Å². The van der Waals surface area contributed by atoms with E-state index in [1.54, 1.807) is 6.08 Å².